The monoisotopic (exact) mass is 338 g/mol. The highest BCUT2D eigenvalue weighted by Gasteiger charge is 2.52. The summed E-state index contributed by atoms with van der Waals surface area (Å²) in [7, 11) is 1.66. The van der Waals surface area contributed by atoms with Crippen LogP contribution in [0.4, 0.5) is 0 Å². The zero-order valence-electron chi connectivity index (χ0n) is 14.2. The molecule has 2 aliphatic heterocycles. The Labute approximate surface area is 147 Å². The molecule has 0 saturated carbocycles. The minimum atomic E-state index is -0.105. The van der Waals surface area contributed by atoms with Gasteiger partial charge >= 0.3 is 0 Å². The number of amides is 1. The van der Waals surface area contributed by atoms with Crippen LogP contribution in [0.25, 0.3) is 11.1 Å². The number of benzene rings is 2. The van der Waals surface area contributed by atoms with E-state index in [1.165, 1.54) is 5.56 Å². The van der Waals surface area contributed by atoms with Crippen molar-refractivity contribution in [1.82, 2.24) is 10.2 Å². The molecule has 5 nitrogen and oxygen atoms in total. The number of fused-ring (bicyclic) bond motifs is 1. The molecule has 0 radical (unpaired) electrons. The fraction of sp³-hybridized carbons (Fsp3) is 0.350. The summed E-state index contributed by atoms with van der Waals surface area (Å²) in [5.74, 6) is 1.11. The highest BCUT2D eigenvalue weighted by molar-refractivity contribution is 5.81. The second kappa shape index (κ2) is 6.50. The van der Waals surface area contributed by atoms with Gasteiger partial charge in [0.15, 0.2) is 0 Å². The van der Waals surface area contributed by atoms with Gasteiger partial charge in [0.1, 0.15) is 5.75 Å². The fourth-order valence-corrected chi connectivity index (χ4v) is 4.09. The number of ether oxygens (including phenoxy) is 1. The average Bonchev–Trinajstić information content (AvgIpc) is 2.64. The molecule has 2 aromatic carbocycles. The van der Waals surface area contributed by atoms with E-state index in [4.69, 9.17) is 4.74 Å². The maximum Gasteiger partial charge on any atom is 0.237 e. The summed E-state index contributed by atoms with van der Waals surface area (Å²) >= 11 is 0. The first-order valence-electron chi connectivity index (χ1n) is 8.60. The summed E-state index contributed by atoms with van der Waals surface area (Å²) in [6, 6.07) is 16.5. The number of rotatable bonds is 4. The lowest BCUT2D eigenvalue weighted by atomic mass is 9.74. The van der Waals surface area contributed by atoms with Gasteiger partial charge in [0, 0.05) is 12.5 Å². The summed E-state index contributed by atoms with van der Waals surface area (Å²) in [6.07, 6.45) is 0. The molecule has 1 amide bonds. The minimum Gasteiger partial charge on any atom is -0.497 e. The number of aliphatic hydroxyl groups is 1. The lowest BCUT2D eigenvalue weighted by Gasteiger charge is -2.57. The molecule has 130 valence electrons. The van der Waals surface area contributed by atoms with Crippen LogP contribution in [0.3, 0.4) is 0 Å². The molecule has 2 heterocycles. The molecule has 5 heteroatoms. The summed E-state index contributed by atoms with van der Waals surface area (Å²) in [4.78, 5) is 13.9. The van der Waals surface area contributed by atoms with Gasteiger partial charge < -0.3 is 20.1 Å². The molecule has 0 unspecified atom stereocenters. The number of carbonyl (C=O) groups is 1. The molecule has 0 spiro atoms. The van der Waals surface area contributed by atoms with E-state index >= 15 is 0 Å². The van der Waals surface area contributed by atoms with Crippen LogP contribution in [0.5, 0.6) is 5.75 Å². The maximum atomic E-state index is 12.0. The molecular weight excluding hydrogens is 316 g/mol. The van der Waals surface area contributed by atoms with E-state index in [1.807, 2.05) is 29.2 Å². The Hall–Kier alpha value is -2.37. The average molecular weight is 338 g/mol. The van der Waals surface area contributed by atoms with Crippen LogP contribution in [-0.2, 0) is 4.79 Å². The Morgan fingerprint density at radius 3 is 2.36 bits per heavy atom. The molecular formula is C20H22N2O3. The smallest absolute Gasteiger partial charge is 0.237 e. The van der Waals surface area contributed by atoms with Gasteiger partial charge in [0.05, 0.1) is 32.3 Å². The normalized spacial score (nSPS) is 25.3. The van der Waals surface area contributed by atoms with Crippen molar-refractivity contribution in [2.24, 2.45) is 0 Å². The van der Waals surface area contributed by atoms with E-state index < -0.39 is 0 Å². The van der Waals surface area contributed by atoms with E-state index in [1.54, 1.807) is 7.11 Å². The number of aliphatic hydroxyl groups excluding tert-OH is 1. The molecule has 0 aromatic heterocycles. The van der Waals surface area contributed by atoms with Gasteiger partial charge in [-0.1, -0.05) is 36.4 Å². The van der Waals surface area contributed by atoms with Crippen molar-refractivity contribution < 1.29 is 14.6 Å². The van der Waals surface area contributed by atoms with Crippen molar-refractivity contribution >= 4 is 5.91 Å². The van der Waals surface area contributed by atoms with Crippen molar-refractivity contribution in [3.63, 3.8) is 0 Å². The standard InChI is InChI=1S/C20H22N2O3/c1-25-16-8-6-14(7-9-16)13-2-4-15(5-3-13)20-17-10-21-11-19(24)22(17)18(20)12-23/h2-9,17-18,20-21,23H,10-12H2,1H3/t17-,18-,20-/m1/s1. The highest BCUT2D eigenvalue weighted by Crippen LogP contribution is 2.41. The van der Waals surface area contributed by atoms with Crippen molar-refractivity contribution in [3.05, 3.63) is 54.1 Å². The largest absolute Gasteiger partial charge is 0.497 e. The Kier molecular flexibility index (Phi) is 4.19. The quantitative estimate of drug-likeness (QED) is 0.889. The Bertz CT molecular complexity index is 752. The predicted molar refractivity (Wildman–Crippen MR) is 95.5 cm³/mol. The molecule has 2 aromatic rings. The summed E-state index contributed by atoms with van der Waals surface area (Å²) in [5.41, 5.74) is 3.45. The fourth-order valence-electron chi connectivity index (χ4n) is 4.09. The van der Waals surface area contributed by atoms with E-state index in [9.17, 15) is 9.90 Å². The number of hydrogen-bond acceptors (Lipinski definition) is 4. The van der Waals surface area contributed by atoms with Crippen LogP contribution in [0.2, 0.25) is 0 Å². The Morgan fingerprint density at radius 2 is 1.76 bits per heavy atom. The van der Waals surface area contributed by atoms with Gasteiger partial charge in [-0.2, -0.15) is 0 Å². The first-order chi connectivity index (χ1) is 12.2. The number of hydrogen-bond donors (Lipinski definition) is 2. The lowest BCUT2D eigenvalue weighted by Crippen LogP contribution is -2.72. The van der Waals surface area contributed by atoms with E-state index in [0.717, 1.165) is 23.4 Å². The third-order valence-electron chi connectivity index (χ3n) is 5.37. The van der Waals surface area contributed by atoms with E-state index in [-0.39, 0.29) is 30.5 Å². The minimum absolute atomic E-state index is 0.00708. The first kappa shape index (κ1) is 16.1. The van der Waals surface area contributed by atoms with Crippen LogP contribution < -0.4 is 10.1 Å². The second-order valence-electron chi connectivity index (χ2n) is 6.63. The van der Waals surface area contributed by atoms with Crippen LogP contribution in [0, 0.1) is 0 Å². The van der Waals surface area contributed by atoms with Gasteiger partial charge in [-0.3, -0.25) is 4.79 Å². The third-order valence-corrected chi connectivity index (χ3v) is 5.37. The van der Waals surface area contributed by atoms with Crippen LogP contribution >= 0.6 is 0 Å². The van der Waals surface area contributed by atoms with Crippen molar-refractivity contribution in [3.8, 4) is 16.9 Å². The highest BCUT2D eigenvalue weighted by atomic mass is 16.5. The van der Waals surface area contributed by atoms with Crippen LogP contribution in [-0.4, -0.2) is 54.8 Å². The summed E-state index contributed by atoms with van der Waals surface area (Å²) in [6.45, 7) is 1.16. The van der Waals surface area contributed by atoms with Gasteiger partial charge in [-0.05, 0) is 28.8 Å². The van der Waals surface area contributed by atoms with Crippen LogP contribution in [0.1, 0.15) is 11.5 Å². The SMILES string of the molecule is COc1ccc(-c2ccc([C@H]3[C@@H](CO)N4C(=O)CNC[C@H]34)cc2)cc1. The summed E-state index contributed by atoms with van der Waals surface area (Å²) in [5, 5.41) is 12.9. The number of piperazine rings is 1. The van der Waals surface area contributed by atoms with E-state index in [0.29, 0.717) is 6.54 Å². The van der Waals surface area contributed by atoms with Gasteiger partial charge in [0.2, 0.25) is 5.91 Å². The summed E-state index contributed by atoms with van der Waals surface area (Å²) < 4.78 is 5.20. The van der Waals surface area contributed by atoms with Gasteiger partial charge in [-0.25, -0.2) is 0 Å². The topological polar surface area (TPSA) is 61.8 Å². The number of nitrogens with zero attached hydrogens (tertiary/aromatic N) is 1. The van der Waals surface area contributed by atoms with Crippen molar-refractivity contribution in [1.29, 1.82) is 0 Å². The molecule has 0 aliphatic carbocycles. The molecule has 2 saturated heterocycles. The lowest BCUT2D eigenvalue weighted by molar-refractivity contribution is -0.153. The van der Waals surface area contributed by atoms with Crippen molar-refractivity contribution in [2.75, 3.05) is 26.8 Å². The zero-order valence-corrected chi connectivity index (χ0v) is 14.2. The van der Waals surface area contributed by atoms with Crippen molar-refractivity contribution in [2.45, 2.75) is 18.0 Å². The predicted octanol–water partition coefficient (Wildman–Crippen LogP) is 1.62. The Morgan fingerprint density at radius 1 is 1.12 bits per heavy atom. The van der Waals surface area contributed by atoms with Gasteiger partial charge in [0.25, 0.3) is 0 Å². The molecule has 2 fully saturated rings. The molecule has 2 N–H and O–H groups in total. The zero-order chi connectivity index (χ0) is 17.4. The van der Waals surface area contributed by atoms with Crippen LogP contribution in [0.15, 0.2) is 48.5 Å². The molecule has 2 aliphatic rings. The second-order valence-corrected chi connectivity index (χ2v) is 6.63. The molecule has 3 atom stereocenters. The molecule has 25 heavy (non-hydrogen) atoms. The maximum absolute atomic E-state index is 12.0. The van der Waals surface area contributed by atoms with E-state index in [2.05, 4.69) is 29.6 Å². The Balaban J connectivity index is 1.56. The molecule has 0 bridgehead atoms. The number of nitrogens with one attached hydrogen (secondary N) is 1. The molecule has 4 rings (SSSR count). The number of methoxy groups -OCH3 is 1. The van der Waals surface area contributed by atoms with Gasteiger partial charge in [-0.15, -0.1) is 0 Å². The number of carbonyl (C=O) groups excluding carboxylic acids is 1. The third kappa shape index (κ3) is 2.69. The first-order valence-corrected chi connectivity index (χ1v) is 8.60.